The summed E-state index contributed by atoms with van der Waals surface area (Å²) < 4.78 is 39.9. The average molecular weight is 338 g/mol. The zero-order valence-corrected chi connectivity index (χ0v) is 12.5. The van der Waals surface area contributed by atoms with Crippen LogP contribution in [0, 0.1) is 0 Å². The molecule has 5 nitrogen and oxygen atoms in total. The van der Waals surface area contributed by atoms with Crippen LogP contribution in [0.1, 0.15) is 17.3 Å². The topological polar surface area (TPSA) is 67.4 Å². The van der Waals surface area contributed by atoms with E-state index in [-0.39, 0.29) is 11.7 Å². The molecular formula is C16H13F3N2O3. The Kier molecular flexibility index (Phi) is 5.08. The molecule has 24 heavy (non-hydrogen) atoms. The first-order valence-corrected chi connectivity index (χ1v) is 6.78. The van der Waals surface area contributed by atoms with Gasteiger partial charge < -0.3 is 15.4 Å². The van der Waals surface area contributed by atoms with Crippen molar-refractivity contribution in [1.29, 1.82) is 0 Å². The molecule has 0 radical (unpaired) electrons. The fourth-order valence-corrected chi connectivity index (χ4v) is 1.85. The largest absolute Gasteiger partial charge is 0.573 e. The zero-order valence-electron chi connectivity index (χ0n) is 12.5. The average Bonchev–Trinajstić information content (AvgIpc) is 2.48. The summed E-state index contributed by atoms with van der Waals surface area (Å²) >= 11 is 0. The van der Waals surface area contributed by atoms with Gasteiger partial charge in [0.05, 0.1) is 0 Å². The summed E-state index contributed by atoms with van der Waals surface area (Å²) in [5, 5.41) is 5.11. The van der Waals surface area contributed by atoms with Crippen molar-refractivity contribution in [3.63, 3.8) is 0 Å². The van der Waals surface area contributed by atoms with Crippen LogP contribution in [0.25, 0.3) is 0 Å². The third-order valence-corrected chi connectivity index (χ3v) is 2.81. The number of halogens is 3. The maximum absolute atomic E-state index is 12.1. The highest BCUT2D eigenvalue weighted by Crippen LogP contribution is 2.24. The smallest absolute Gasteiger partial charge is 0.406 e. The Bertz CT molecular complexity index is 726. The highest BCUT2D eigenvalue weighted by Gasteiger charge is 2.30. The zero-order chi connectivity index (χ0) is 17.7. The van der Waals surface area contributed by atoms with Crippen LogP contribution in [-0.2, 0) is 4.79 Å². The van der Waals surface area contributed by atoms with Crippen molar-refractivity contribution in [2.45, 2.75) is 13.3 Å². The number of nitrogens with one attached hydrogen (secondary N) is 2. The minimum absolute atomic E-state index is 0.228. The van der Waals surface area contributed by atoms with Crippen LogP contribution in [0.5, 0.6) is 5.75 Å². The summed E-state index contributed by atoms with van der Waals surface area (Å²) in [6.45, 7) is 1.37. The minimum atomic E-state index is -4.76. The van der Waals surface area contributed by atoms with Crippen LogP contribution in [0.2, 0.25) is 0 Å². The Hall–Kier alpha value is -3.03. The molecule has 2 aromatic rings. The maximum Gasteiger partial charge on any atom is 0.573 e. The van der Waals surface area contributed by atoms with Gasteiger partial charge >= 0.3 is 6.36 Å². The third-order valence-electron chi connectivity index (χ3n) is 2.81. The van der Waals surface area contributed by atoms with Crippen LogP contribution in [0.4, 0.5) is 24.5 Å². The molecule has 0 saturated carbocycles. The molecule has 2 amide bonds. The standard InChI is InChI=1S/C16H13F3N2O3/c1-10(22)20-12-4-2-11(3-5-12)15(23)21-13-6-8-14(9-7-13)24-16(17,18)19/h2-9H,1H3,(H,20,22)(H,21,23). The van der Waals surface area contributed by atoms with Crippen molar-refractivity contribution < 1.29 is 27.5 Å². The maximum atomic E-state index is 12.1. The third kappa shape index (κ3) is 5.31. The first-order chi connectivity index (χ1) is 11.2. The molecule has 0 spiro atoms. The SMILES string of the molecule is CC(=O)Nc1ccc(C(=O)Nc2ccc(OC(F)(F)F)cc2)cc1. The van der Waals surface area contributed by atoms with Gasteiger partial charge in [0, 0.05) is 23.9 Å². The van der Waals surface area contributed by atoms with Gasteiger partial charge in [0.25, 0.3) is 5.91 Å². The predicted molar refractivity (Wildman–Crippen MR) is 81.8 cm³/mol. The van der Waals surface area contributed by atoms with E-state index in [0.717, 1.165) is 12.1 Å². The summed E-state index contributed by atoms with van der Waals surface area (Å²) in [6.07, 6.45) is -4.76. The molecule has 2 aromatic carbocycles. The molecule has 0 heterocycles. The Morgan fingerprint density at radius 2 is 1.38 bits per heavy atom. The number of carbonyl (C=O) groups excluding carboxylic acids is 2. The molecule has 0 fully saturated rings. The highest BCUT2D eigenvalue weighted by molar-refractivity contribution is 6.04. The second kappa shape index (κ2) is 7.03. The van der Waals surface area contributed by atoms with Crippen molar-refractivity contribution in [2.75, 3.05) is 10.6 Å². The van der Waals surface area contributed by atoms with E-state index in [0.29, 0.717) is 16.9 Å². The van der Waals surface area contributed by atoms with Gasteiger partial charge in [0.15, 0.2) is 0 Å². The van der Waals surface area contributed by atoms with E-state index in [1.54, 1.807) is 12.1 Å². The monoisotopic (exact) mass is 338 g/mol. The first-order valence-electron chi connectivity index (χ1n) is 6.78. The predicted octanol–water partition coefficient (Wildman–Crippen LogP) is 3.80. The van der Waals surface area contributed by atoms with Gasteiger partial charge in [-0.1, -0.05) is 0 Å². The molecular weight excluding hydrogens is 325 g/mol. The summed E-state index contributed by atoms with van der Waals surface area (Å²) in [7, 11) is 0. The van der Waals surface area contributed by atoms with E-state index < -0.39 is 12.3 Å². The van der Waals surface area contributed by atoms with Crippen molar-refractivity contribution in [3.05, 3.63) is 54.1 Å². The molecule has 0 aromatic heterocycles. The first kappa shape index (κ1) is 17.3. The summed E-state index contributed by atoms with van der Waals surface area (Å²) in [5.41, 5.74) is 1.20. The van der Waals surface area contributed by atoms with Gasteiger partial charge in [-0.15, -0.1) is 13.2 Å². The number of benzene rings is 2. The van der Waals surface area contributed by atoms with Gasteiger partial charge in [-0.2, -0.15) is 0 Å². The van der Waals surface area contributed by atoms with E-state index in [4.69, 9.17) is 0 Å². The van der Waals surface area contributed by atoms with E-state index in [1.165, 1.54) is 31.2 Å². The number of ether oxygens (including phenoxy) is 1. The Morgan fingerprint density at radius 1 is 0.875 bits per heavy atom. The van der Waals surface area contributed by atoms with Gasteiger partial charge in [0.2, 0.25) is 5.91 Å². The number of anilines is 2. The van der Waals surface area contributed by atoms with Crippen LogP contribution < -0.4 is 15.4 Å². The molecule has 2 rings (SSSR count). The molecule has 8 heteroatoms. The van der Waals surface area contributed by atoms with Crippen molar-refractivity contribution in [2.24, 2.45) is 0 Å². The van der Waals surface area contributed by atoms with Crippen molar-refractivity contribution >= 4 is 23.2 Å². The van der Waals surface area contributed by atoms with E-state index >= 15 is 0 Å². The molecule has 0 aliphatic heterocycles. The molecule has 2 N–H and O–H groups in total. The Labute approximate surface area is 135 Å². The van der Waals surface area contributed by atoms with Gasteiger partial charge in [-0.05, 0) is 48.5 Å². The fourth-order valence-electron chi connectivity index (χ4n) is 1.85. The number of amides is 2. The summed E-state index contributed by atoms with van der Waals surface area (Å²) in [6, 6.07) is 11.0. The van der Waals surface area contributed by atoms with Crippen molar-refractivity contribution in [3.8, 4) is 5.75 Å². The summed E-state index contributed by atoms with van der Waals surface area (Å²) in [4.78, 5) is 23.0. The molecule has 0 aliphatic carbocycles. The quantitative estimate of drug-likeness (QED) is 0.891. The van der Waals surface area contributed by atoms with Crippen LogP contribution in [0.3, 0.4) is 0 Å². The number of hydrogen-bond acceptors (Lipinski definition) is 3. The molecule has 0 unspecified atom stereocenters. The Balaban J connectivity index is 2.00. The van der Waals surface area contributed by atoms with Crippen LogP contribution in [0.15, 0.2) is 48.5 Å². The molecule has 126 valence electrons. The molecule has 0 bridgehead atoms. The lowest BCUT2D eigenvalue weighted by Gasteiger charge is -2.10. The lowest BCUT2D eigenvalue weighted by atomic mass is 10.2. The van der Waals surface area contributed by atoms with E-state index in [1.807, 2.05) is 0 Å². The summed E-state index contributed by atoms with van der Waals surface area (Å²) in [5.74, 6) is -1.04. The number of rotatable bonds is 4. The fraction of sp³-hybridized carbons (Fsp3) is 0.125. The van der Waals surface area contributed by atoms with Gasteiger partial charge in [-0.3, -0.25) is 9.59 Å². The molecule has 0 aliphatic rings. The Morgan fingerprint density at radius 3 is 1.88 bits per heavy atom. The lowest BCUT2D eigenvalue weighted by molar-refractivity contribution is -0.274. The lowest BCUT2D eigenvalue weighted by Crippen LogP contribution is -2.17. The number of hydrogen-bond donors (Lipinski definition) is 2. The minimum Gasteiger partial charge on any atom is -0.406 e. The van der Waals surface area contributed by atoms with Crippen LogP contribution in [-0.4, -0.2) is 18.2 Å². The molecule has 0 atom stereocenters. The van der Waals surface area contributed by atoms with E-state index in [2.05, 4.69) is 15.4 Å². The number of alkyl halides is 3. The van der Waals surface area contributed by atoms with E-state index in [9.17, 15) is 22.8 Å². The highest BCUT2D eigenvalue weighted by atomic mass is 19.4. The van der Waals surface area contributed by atoms with Gasteiger partial charge in [-0.25, -0.2) is 0 Å². The second-order valence-electron chi connectivity index (χ2n) is 4.78. The van der Waals surface area contributed by atoms with Gasteiger partial charge in [0.1, 0.15) is 5.75 Å². The molecule has 0 saturated heterocycles. The van der Waals surface area contributed by atoms with Crippen molar-refractivity contribution in [1.82, 2.24) is 0 Å². The number of carbonyl (C=O) groups is 2. The van der Waals surface area contributed by atoms with Crippen LogP contribution >= 0.6 is 0 Å². The normalized spacial score (nSPS) is 10.8. The second-order valence-corrected chi connectivity index (χ2v) is 4.78.